The molecule has 0 radical (unpaired) electrons. The Morgan fingerprint density at radius 3 is 2.60 bits per heavy atom. The maximum Gasteiger partial charge on any atom is 0.254 e. The molecular formula is C15H13F2NO2. The van der Waals surface area contributed by atoms with Crippen molar-refractivity contribution in [2.24, 2.45) is 0 Å². The highest BCUT2D eigenvalue weighted by Gasteiger charge is 2.17. The van der Waals surface area contributed by atoms with Gasteiger partial charge in [-0.15, -0.1) is 0 Å². The van der Waals surface area contributed by atoms with Crippen LogP contribution in [0.25, 0.3) is 0 Å². The summed E-state index contributed by atoms with van der Waals surface area (Å²) in [6.07, 6.45) is 0. The van der Waals surface area contributed by atoms with Crippen LogP contribution < -0.4 is 5.32 Å². The third kappa shape index (κ3) is 2.93. The van der Waals surface area contributed by atoms with Crippen LogP contribution in [0.5, 0.6) is 5.75 Å². The number of carbonyl (C=O) groups is 1. The number of hydrogen-bond acceptors (Lipinski definition) is 2. The van der Waals surface area contributed by atoms with Gasteiger partial charge >= 0.3 is 0 Å². The largest absolute Gasteiger partial charge is 0.508 e. The Kier molecular flexibility index (Phi) is 3.98. The van der Waals surface area contributed by atoms with Crippen LogP contribution in [0, 0.1) is 11.6 Å². The number of benzene rings is 2. The lowest BCUT2D eigenvalue weighted by molar-refractivity contribution is 0.0934. The second kappa shape index (κ2) is 5.69. The number of hydrogen-bond donors (Lipinski definition) is 2. The maximum atomic E-state index is 13.5. The van der Waals surface area contributed by atoms with E-state index in [0.29, 0.717) is 5.56 Å². The van der Waals surface area contributed by atoms with Gasteiger partial charge in [-0.25, -0.2) is 8.78 Å². The van der Waals surface area contributed by atoms with Crippen molar-refractivity contribution < 1.29 is 18.7 Å². The summed E-state index contributed by atoms with van der Waals surface area (Å²) in [5.41, 5.74) is 0.312. The van der Waals surface area contributed by atoms with E-state index in [4.69, 9.17) is 0 Å². The van der Waals surface area contributed by atoms with E-state index in [-0.39, 0.29) is 11.3 Å². The van der Waals surface area contributed by atoms with Crippen LogP contribution in [0.15, 0.2) is 42.5 Å². The van der Waals surface area contributed by atoms with Crippen LogP contribution in [-0.4, -0.2) is 11.0 Å². The molecule has 2 aromatic carbocycles. The molecule has 0 bridgehead atoms. The molecule has 1 unspecified atom stereocenters. The molecule has 0 saturated heterocycles. The monoisotopic (exact) mass is 277 g/mol. The molecule has 2 N–H and O–H groups in total. The molecule has 0 spiro atoms. The Hall–Kier alpha value is -2.43. The van der Waals surface area contributed by atoms with Crippen LogP contribution in [0.1, 0.15) is 28.9 Å². The fourth-order valence-electron chi connectivity index (χ4n) is 1.83. The predicted molar refractivity (Wildman–Crippen MR) is 70.3 cm³/mol. The van der Waals surface area contributed by atoms with Gasteiger partial charge < -0.3 is 10.4 Å². The third-order valence-electron chi connectivity index (χ3n) is 2.91. The number of carbonyl (C=O) groups excluding carboxylic acids is 1. The second-order valence-corrected chi connectivity index (χ2v) is 4.39. The molecule has 20 heavy (non-hydrogen) atoms. The minimum atomic E-state index is -1.17. The summed E-state index contributed by atoms with van der Waals surface area (Å²) in [5, 5.41) is 11.9. The van der Waals surface area contributed by atoms with E-state index in [1.54, 1.807) is 19.1 Å². The summed E-state index contributed by atoms with van der Waals surface area (Å²) in [6, 6.07) is 9.33. The van der Waals surface area contributed by atoms with E-state index >= 15 is 0 Å². The fraction of sp³-hybridized carbons (Fsp3) is 0.133. The lowest BCUT2D eigenvalue weighted by Gasteiger charge is -2.15. The van der Waals surface area contributed by atoms with Gasteiger partial charge in [0.15, 0.2) is 11.6 Å². The third-order valence-corrected chi connectivity index (χ3v) is 2.91. The van der Waals surface area contributed by atoms with Gasteiger partial charge in [0.2, 0.25) is 0 Å². The van der Waals surface area contributed by atoms with Crippen molar-refractivity contribution in [3.63, 3.8) is 0 Å². The van der Waals surface area contributed by atoms with Crippen LogP contribution in [0.2, 0.25) is 0 Å². The predicted octanol–water partition coefficient (Wildman–Crippen LogP) is 3.16. The topological polar surface area (TPSA) is 49.3 Å². The standard InChI is InChI=1S/C15H13F2NO2/c1-9(10-4-2-5-11(19)8-10)18-15(20)12-6-3-7-13(16)14(12)17/h2-9,19H,1H3,(H,18,20). The van der Waals surface area contributed by atoms with E-state index in [0.717, 1.165) is 6.07 Å². The zero-order valence-electron chi connectivity index (χ0n) is 10.7. The molecule has 1 amide bonds. The van der Waals surface area contributed by atoms with Gasteiger partial charge in [0.05, 0.1) is 11.6 Å². The van der Waals surface area contributed by atoms with Gasteiger partial charge in [-0.05, 0) is 36.8 Å². The highest BCUT2D eigenvalue weighted by atomic mass is 19.2. The van der Waals surface area contributed by atoms with Crippen LogP contribution in [0.3, 0.4) is 0 Å². The van der Waals surface area contributed by atoms with Crippen molar-refractivity contribution >= 4 is 5.91 Å². The highest BCUT2D eigenvalue weighted by molar-refractivity contribution is 5.94. The number of nitrogens with one attached hydrogen (secondary N) is 1. The van der Waals surface area contributed by atoms with Crippen molar-refractivity contribution in [1.82, 2.24) is 5.32 Å². The minimum Gasteiger partial charge on any atom is -0.508 e. The quantitative estimate of drug-likeness (QED) is 0.905. The van der Waals surface area contributed by atoms with E-state index in [2.05, 4.69) is 5.32 Å². The summed E-state index contributed by atoms with van der Waals surface area (Å²) in [4.78, 5) is 11.9. The van der Waals surface area contributed by atoms with E-state index in [1.807, 2.05) is 0 Å². The van der Waals surface area contributed by atoms with Crippen molar-refractivity contribution in [1.29, 1.82) is 0 Å². The first-order valence-electron chi connectivity index (χ1n) is 6.03. The summed E-state index contributed by atoms with van der Waals surface area (Å²) >= 11 is 0. The molecule has 2 aromatic rings. The Morgan fingerprint density at radius 1 is 1.20 bits per heavy atom. The SMILES string of the molecule is CC(NC(=O)c1cccc(F)c1F)c1cccc(O)c1. The normalized spacial score (nSPS) is 11.9. The van der Waals surface area contributed by atoms with Crippen LogP contribution in [0.4, 0.5) is 8.78 Å². The summed E-state index contributed by atoms with van der Waals surface area (Å²) < 4.78 is 26.6. The summed E-state index contributed by atoms with van der Waals surface area (Å²) in [6.45, 7) is 1.68. The first-order chi connectivity index (χ1) is 9.49. The van der Waals surface area contributed by atoms with Crippen molar-refractivity contribution in [2.45, 2.75) is 13.0 Å². The molecule has 0 aliphatic rings. The van der Waals surface area contributed by atoms with Gasteiger partial charge in [-0.1, -0.05) is 18.2 Å². The molecule has 0 aromatic heterocycles. The number of aromatic hydroxyl groups is 1. The Balaban J connectivity index is 2.17. The van der Waals surface area contributed by atoms with E-state index < -0.39 is 23.6 Å². The Labute approximate surface area is 114 Å². The van der Waals surface area contributed by atoms with E-state index in [9.17, 15) is 18.7 Å². The number of rotatable bonds is 3. The minimum absolute atomic E-state index is 0.0699. The lowest BCUT2D eigenvalue weighted by Crippen LogP contribution is -2.27. The molecular weight excluding hydrogens is 264 g/mol. The zero-order chi connectivity index (χ0) is 14.7. The summed E-state index contributed by atoms with van der Waals surface area (Å²) in [7, 11) is 0. The summed E-state index contributed by atoms with van der Waals surface area (Å²) in [5.74, 6) is -2.88. The fourth-order valence-corrected chi connectivity index (χ4v) is 1.83. The second-order valence-electron chi connectivity index (χ2n) is 4.39. The Bertz CT molecular complexity index is 644. The van der Waals surface area contributed by atoms with Crippen molar-refractivity contribution in [3.05, 3.63) is 65.2 Å². The molecule has 2 rings (SSSR count). The molecule has 0 aliphatic carbocycles. The van der Waals surface area contributed by atoms with Crippen LogP contribution >= 0.6 is 0 Å². The number of halogens is 2. The molecule has 1 atom stereocenters. The van der Waals surface area contributed by atoms with Gasteiger partial charge in [0.25, 0.3) is 5.91 Å². The van der Waals surface area contributed by atoms with Crippen molar-refractivity contribution in [2.75, 3.05) is 0 Å². The highest BCUT2D eigenvalue weighted by Crippen LogP contribution is 2.19. The van der Waals surface area contributed by atoms with Gasteiger partial charge in [0.1, 0.15) is 5.75 Å². The van der Waals surface area contributed by atoms with E-state index in [1.165, 1.54) is 24.3 Å². The molecule has 104 valence electrons. The van der Waals surface area contributed by atoms with Gasteiger partial charge in [-0.3, -0.25) is 4.79 Å². The zero-order valence-corrected chi connectivity index (χ0v) is 10.7. The smallest absolute Gasteiger partial charge is 0.254 e. The number of phenolic OH excluding ortho intramolecular Hbond substituents is 1. The van der Waals surface area contributed by atoms with Gasteiger partial charge in [-0.2, -0.15) is 0 Å². The Morgan fingerprint density at radius 2 is 1.90 bits per heavy atom. The first-order valence-corrected chi connectivity index (χ1v) is 6.03. The first kappa shape index (κ1) is 14.0. The molecule has 5 heteroatoms. The molecule has 0 saturated carbocycles. The average Bonchev–Trinajstić information content (AvgIpc) is 2.41. The van der Waals surface area contributed by atoms with Crippen LogP contribution in [-0.2, 0) is 0 Å². The number of amides is 1. The molecule has 3 nitrogen and oxygen atoms in total. The van der Waals surface area contributed by atoms with Gasteiger partial charge in [0, 0.05) is 0 Å². The number of phenols is 1. The lowest BCUT2D eigenvalue weighted by atomic mass is 10.1. The molecule has 0 heterocycles. The van der Waals surface area contributed by atoms with Crippen molar-refractivity contribution in [3.8, 4) is 5.75 Å². The molecule has 0 fully saturated rings. The molecule has 0 aliphatic heterocycles. The maximum absolute atomic E-state index is 13.5. The average molecular weight is 277 g/mol.